The first-order valence-electron chi connectivity index (χ1n) is 6.64. The highest BCUT2D eigenvalue weighted by atomic mass is 32.1. The molecule has 0 unspecified atom stereocenters. The predicted molar refractivity (Wildman–Crippen MR) is 85.1 cm³/mol. The standard InChI is InChI=1S/C16H15N3OS/c1-12-3-2-7-19-10-14(18-16(12)19)9-17-15(20)5-4-13-6-8-21-11-13/h2-8,10-11H,9H2,1H3,(H,17,20)/b5-4+. The quantitative estimate of drug-likeness (QED) is 0.752. The lowest BCUT2D eigenvalue weighted by Crippen LogP contribution is -2.20. The van der Waals surface area contributed by atoms with Crippen molar-refractivity contribution in [1.82, 2.24) is 14.7 Å². The van der Waals surface area contributed by atoms with Crippen LogP contribution in [-0.4, -0.2) is 15.3 Å². The SMILES string of the molecule is Cc1cccn2cc(CNC(=O)/C=C/c3ccsc3)nc12. The van der Waals surface area contributed by atoms with Gasteiger partial charge in [-0.05, 0) is 47.0 Å². The molecule has 0 saturated carbocycles. The summed E-state index contributed by atoms with van der Waals surface area (Å²) >= 11 is 1.61. The molecule has 3 heterocycles. The molecular weight excluding hydrogens is 282 g/mol. The molecule has 5 heteroatoms. The fourth-order valence-corrected chi connectivity index (χ4v) is 2.70. The molecule has 1 amide bonds. The minimum atomic E-state index is -0.116. The molecule has 0 aliphatic heterocycles. The van der Waals surface area contributed by atoms with Crippen molar-refractivity contribution >= 4 is 29.0 Å². The minimum Gasteiger partial charge on any atom is -0.347 e. The number of nitrogens with zero attached hydrogens (tertiary/aromatic N) is 2. The summed E-state index contributed by atoms with van der Waals surface area (Å²) in [5.74, 6) is -0.116. The van der Waals surface area contributed by atoms with Gasteiger partial charge in [0.2, 0.25) is 5.91 Å². The molecule has 3 rings (SSSR count). The van der Waals surface area contributed by atoms with Gasteiger partial charge in [-0.3, -0.25) is 4.79 Å². The third-order valence-electron chi connectivity index (χ3n) is 3.14. The molecule has 0 aliphatic rings. The summed E-state index contributed by atoms with van der Waals surface area (Å²) in [4.78, 5) is 16.3. The summed E-state index contributed by atoms with van der Waals surface area (Å²) < 4.78 is 1.97. The first-order valence-corrected chi connectivity index (χ1v) is 7.58. The molecule has 3 aromatic heterocycles. The lowest BCUT2D eigenvalue weighted by Gasteiger charge is -1.97. The number of carbonyl (C=O) groups is 1. The Morgan fingerprint density at radius 1 is 1.48 bits per heavy atom. The van der Waals surface area contributed by atoms with Crippen molar-refractivity contribution in [2.45, 2.75) is 13.5 Å². The lowest BCUT2D eigenvalue weighted by atomic mass is 10.3. The van der Waals surface area contributed by atoms with E-state index in [4.69, 9.17) is 0 Å². The van der Waals surface area contributed by atoms with E-state index in [0.717, 1.165) is 22.5 Å². The molecule has 4 nitrogen and oxygen atoms in total. The molecule has 1 N–H and O–H groups in total. The van der Waals surface area contributed by atoms with Crippen molar-refractivity contribution in [2.75, 3.05) is 0 Å². The number of thiophene rings is 1. The van der Waals surface area contributed by atoms with Crippen LogP contribution in [0.3, 0.4) is 0 Å². The van der Waals surface area contributed by atoms with Gasteiger partial charge in [0.05, 0.1) is 12.2 Å². The number of carbonyl (C=O) groups excluding carboxylic acids is 1. The van der Waals surface area contributed by atoms with Crippen LogP contribution in [0, 0.1) is 6.92 Å². The molecule has 0 aliphatic carbocycles. The predicted octanol–water partition coefficient (Wildman–Crippen LogP) is 3.03. The van der Waals surface area contributed by atoms with E-state index >= 15 is 0 Å². The number of pyridine rings is 1. The van der Waals surface area contributed by atoms with Crippen LogP contribution < -0.4 is 5.32 Å². The Balaban J connectivity index is 1.63. The second kappa shape index (κ2) is 5.93. The molecule has 0 fully saturated rings. The van der Waals surface area contributed by atoms with Crippen LogP contribution in [0.4, 0.5) is 0 Å². The van der Waals surface area contributed by atoms with E-state index in [0.29, 0.717) is 6.54 Å². The van der Waals surface area contributed by atoms with E-state index in [9.17, 15) is 4.79 Å². The maximum atomic E-state index is 11.8. The largest absolute Gasteiger partial charge is 0.347 e. The van der Waals surface area contributed by atoms with Gasteiger partial charge in [0.15, 0.2) is 0 Å². The van der Waals surface area contributed by atoms with Gasteiger partial charge in [-0.15, -0.1) is 0 Å². The Kier molecular flexibility index (Phi) is 3.83. The van der Waals surface area contributed by atoms with E-state index in [1.807, 2.05) is 52.7 Å². The zero-order valence-corrected chi connectivity index (χ0v) is 12.4. The van der Waals surface area contributed by atoms with Crippen LogP contribution in [-0.2, 0) is 11.3 Å². The summed E-state index contributed by atoms with van der Waals surface area (Å²) in [5, 5.41) is 6.82. The molecule has 21 heavy (non-hydrogen) atoms. The van der Waals surface area contributed by atoms with Crippen molar-refractivity contribution in [3.05, 3.63) is 64.2 Å². The highest BCUT2D eigenvalue weighted by Gasteiger charge is 2.04. The highest BCUT2D eigenvalue weighted by molar-refractivity contribution is 7.08. The topological polar surface area (TPSA) is 46.4 Å². The molecule has 0 radical (unpaired) electrons. The van der Waals surface area contributed by atoms with Gasteiger partial charge in [0.25, 0.3) is 0 Å². The van der Waals surface area contributed by atoms with Gasteiger partial charge in [-0.25, -0.2) is 4.98 Å². The number of aromatic nitrogens is 2. The number of nitrogens with one attached hydrogen (secondary N) is 1. The summed E-state index contributed by atoms with van der Waals surface area (Å²) in [5.41, 5.74) is 3.93. The average molecular weight is 297 g/mol. The summed E-state index contributed by atoms with van der Waals surface area (Å²) in [6, 6.07) is 5.98. The van der Waals surface area contributed by atoms with E-state index in [2.05, 4.69) is 10.3 Å². The van der Waals surface area contributed by atoms with Crippen LogP contribution in [0.1, 0.15) is 16.8 Å². The zero-order chi connectivity index (χ0) is 14.7. The lowest BCUT2D eigenvalue weighted by molar-refractivity contribution is -0.116. The molecule has 0 spiro atoms. The second-order valence-corrected chi connectivity index (χ2v) is 5.54. The normalized spacial score (nSPS) is 11.3. The highest BCUT2D eigenvalue weighted by Crippen LogP contribution is 2.10. The van der Waals surface area contributed by atoms with E-state index < -0.39 is 0 Å². The van der Waals surface area contributed by atoms with Gasteiger partial charge in [-0.2, -0.15) is 11.3 Å². The molecule has 106 valence electrons. The minimum absolute atomic E-state index is 0.116. The van der Waals surface area contributed by atoms with Gasteiger partial charge < -0.3 is 9.72 Å². The van der Waals surface area contributed by atoms with Crippen molar-refractivity contribution < 1.29 is 4.79 Å². The number of hydrogen-bond donors (Lipinski definition) is 1. The van der Waals surface area contributed by atoms with Crippen molar-refractivity contribution in [1.29, 1.82) is 0 Å². The van der Waals surface area contributed by atoms with Crippen LogP contribution in [0.5, 0.6) is 0 Å². The third kappa shape index (κ3) is 3.20. The van der Waals surface area contributed by atoms with Crippen molar-refractivity contribution in [2.24, 2.45) is 0 Å². The van der Waals surface area contributed by atoms with Gasteiger partial charge in [0.1, 0.15) is 5.65 Å². The van der Waals surface area contributed by atoms with E-state index in [-0.39, 0.29) is 5.91 Å². The Bertz CT molecular complexity index is 787. The van der Waals surface area contributed by atoms with E-state index in [1.165, 1.54) is 0 Å². The maximum Gasteiger partial charge on any atom is 0.244 e. The summed E-state index contributed by atoms with van der Waals surface area (Å²) in [7, 11) is 0. The van der Waals surface area contributed by atoms with Crippen LogP contribution >= 0.6 is 11.3 Å². The first-order chi connectivity index (χ1) is 10.2. The van der Waals surface area contributed by atoms with Gasteiger partial charge >= 0.3 is 0 Å². The number of imidazole rings is 1. The van der Waals surface area contributed by atoms with Crippen LogP contribution in [0.2, 0.25) is 0 Å². The number of aryl methyl sites for hydroxylation is 1. The fourth-order valence-electron chi connectivity index (χ4n) is 2.07. The molecular formula is C16H15N3OS. The molecule has 0 saturated heterocycles. The number of rotatable bonds is 4. The maximum absolute atomic E-state index is 11.8. The summed E-state index contributed by atoms with van der Waals surface area (Å²) in [6.45, 7) is 2.45. The fraction of sp³-hybridized carbons (Fsp3) is 0.125. The van der Waals surface area contributed by atoms with Gasteiger partial charge in [-0.1, -0.05) is 6.07 Å². The van der Waals surface area contributed by atoms with Crippen molar-refractivity contribution in [3.8, 4) is 0 Å². The Hall–Kier alpha value is -2.40. The number of amides is 1. The Morgan fingerprint density at radius 2 is 2.38 bits per heavy atom. The second-order valence-electron chi connectivity index (χ2n) is 4.76. The third-order valence-corrected chi connectivity index (χ3v) is 3.84. The average Bonchev–Trinajstić information content (AvgIpc) is 3.12. The molecule has 0 aromatic carbocycles. The smallest absolute Gasteiger partial charge is 0.244 e. The zero-order valence-electron chi connectivity index (χ0n) is 11.6. The van der Waals surface area contributed by atoms with Crippen LogP contribution in [0.15, 0.2) is 47.4 Å². The number of fused-ring (bicyclic) bond motifs is 1. The molecule has 3 aromatic rings. The monoisotopic (exact) mass is 297 g/mol. The van der Waals surface area contributed by atoms with Crippen molar-refractivity contribution in [3.63, 3.8) is 0 Å². The first kappa shape index (κ1) is 13.6. The number of hydrogen-bond acceptors (Lipinski definition) is 3. The summed E-state index contributed by atoms with van der Waals surface area (Å²) in [6.07, 6.45) is 7.24. The van der Waals surface area contributed by atoms with Gasteiger partial charge in [0, 0.05) is 18.5 Å². The Morgan fingerprint density at radius 3 is 3.14 bits per heavy atom. The molecule has 0 bridgehead atoms. The Labute approximate surface area is 126 Å². The van der Waals surface area contributed by atoms with E-state index in [1.54, 1.807) is 23.5 Å². The molecule has 0 atom stereocenters. The van der Waals surface area contributed by atoms with Crippen LogP contribution in [0.25, 0.3) is 11.7 Å².